The predicted octanol–water partition coefficient (Wildman–Crippen LogP) is 29.2. The molecule has 2 aliphatic rings. The van der Waals surface area contributed by atoms with Crippen LogP contribution in [0.25, 0.3) is 64.2 Å². The van der Waals surface area contributed by atoms with Crippen LogP contribution in [0.2, 0.25) is 0 Å². The molecule has 12 heteroatoms. The van der Waals surface area contributed by atoms with Gasteiger partial charge in [-0.15, -0.1) is 79.4 Å². The summed E-state index contributed by atoms with van der Waals surface area (Å²) in [5, 5.41) is 0.817. The Morgan fingerprint density at radius 3 is 1.21 bits per heavy atom. The van der Waals surface area contributed by atoms with Gasteiger partial charge in [-0.25, -0.2) is 4.98 Å². The lowest BCUT2D eigenvalue weighted by molar-refractivity contribution is -0.125. The average molecular weight is 1430 g/mol. The zero-order valence-electron chi connectivity index (χ0n) is 60.5. The quantitative estimate of drug-likeness (QED) is 0.0357. The van der Waals surface area contributed by atoms with Gasteiger partial charge in [0.15, 0.2) is 0 Å². The van der Waals surface area contributed by atoms with Gasteiger partial charge in [0.05, 0.1) is 21.7 Å². The standard InChI is InChI=1S/C84H119N3O2S7/c1-9-16-23-30-32-36-43-62(41-34-25-18-11-3)59-86-61(8)77-78(84(86)89)79(87(83(77)88)60-63(42-35-26-19-12-4)44-37-33-31-24-17-10-2)82-85-58-76(96-82)74-56-64(45-38-27-20-13-5)81(94-74)75-57-65(46-39-28-21-14-6)80(95-75)73-55-54-72(93-73)71-53-52-70(92-71)69-51-50-68(91-69)67-49-48-66(90-67)47-40-29-22-15-7/h48-58,62-63H,9-47,59-60H2,1-8H3. The normalized spacial score (nSPS) is 14.1. The zero-order chi connectivity index (χ0) is 67.4. The van der Waals surface area contributed by atoms with Gasteiger partial charge in [0.2, 0.25) is 0 Å². The molecule has 2 atom stereocenters. The second-order valence-corrected chi connectivity index (χ2v) is 35.8. The van der Waals surface area contributed by atoms with Gasteiger partial charge < -0.3 is 9.80 Å². The molecule has 96 heavy (non-hydrogen) atoms. The summed E-state index contributed by atoms with van der Waals surface area (Å²) in [7, 11) is 0. The number of rotatable bonds is 50. The van der Waals surface area contributed by atoms with Gasteiger partial charge in [-0.3, -0.25) is 9.59 Å². The van der Waals surface area contributed by atoms with Crippen LogP contribution in [0.1, 0.15) is 308 Å². The Bertz CT molecular complexity index is 3490. The van der Waals surface area contributed by atoms with Crippen molar-refractivity contribution in [2.45, 2.75) is 306 Å². The molecule has 9 rings (SSSR count). The van der Waals surface area contributed by atoms with E-state index in [1.165, 1.54) is 282 Å². The molecule has 524 valence electrons. The van der Waals surface area contributed by atoms with E-state index in [0.29, 0.717) is 36.1 Å². The summed E-state index contributed by atoms with van der Waals surface area (Å²) in [5.41, 5.74) is 5.85. The molecule has 0 aromatic carbocycles. The van der Waals surface area contributed by atoms with Crippen molar-refractivity contribution in [2.24, 2.45) is 11.8 Å². The molecule has 7 aromatic heterocycles. The van der Waals surface area contributed by atoms with E-state index in [-0.39, 0.29) is 11.8 Å². The number of hydrogen-bond donors (Lipinski definition) is 0. The number of allylic oxidation sites excluding steroid dienone is 1. The van der Waals surface area contributed by atoms with Crippen LogP contribution in [0.3, 0.4) is 0 Å². The molecule has 2 unspecified atom stereocenters. The molecule has 0 aliphatic carbocycles. The van der Waals surface area contributed by atoms with Crippen LogP contribution in [-0.4, -0.2) is 39.7 Å². The summed E-state index contributed by atoms with van der Waals surface area (Å²) in [4.78, 5) is 58.2. The maximum absolute atomic E-state index is 15.6. The van der Waals surface area contributed by atoms with E-state index in [1.54, 1.807) is 11.3 Å². The Balaban J connectivity index is 1.03. The van der Waals surface area contributed by atoms with Crippen molar-refractivity contribution in [3.63, 3.8) is 0 Å². The molecule has 9 heterocycles. The average Bonchev–Trinajstić information content (AvgIpc) is 1.57. The molecule has 0 N–H and O–H groups in total. The minimum absolute atomic E-state index is 0.0233. The molecule has 0 bridgehead atoms. The van der Waals surface area contributed by atoms with E-state index in [2.05, 4.69) is 127 Å². The lowest BCUT2D eigenvalue weighted by Crippen LogP contribution is -2.34. The predicted molar refractivity (Wildman–Crippen MR) is 429 cm³/mol. The highest BCUT2D eigenvalue weighted by Crippen LogP contribution is 2.52. The molecule has 7 aromatic rings. The maximum Gasteiger partial charge on any atom is 0.261 e. The molecule has 0 saturated heterocycles. The molecule has 0 radical (unpaired) electrons. The first kappa shape index (κ1) is 76.4. The van der Waals surface area contributed by atoms with E-state index < -0.39 is 0 Å². The SMILES string of the molecule is CCCCCCCCC(CCCCCC)CN1C(=O)C2=C(c3ncc(-c4cc(CCCCCC)c(-c5cc(CCCCCC)c(-c6ccc(-c7ccc(-c8ccc(-c9ccc(CCCCCC)s9)s8)s7)s6)s5)s4)s3)N(CC(CCCCCC)CCCCCCCC)C(=O)C2=C1C. The fourth-order valence-electron chi connectivity index (χ4n) is 14.5. The van der Waals surface area contributed by atoms with Gasteiger partial charge in [0.25, 0.3) is 11.8 Å². The largest absolute Gasteiger partial charge is 0.311 e. The highest BCUT2D eigenvalue weighted by atomic mass is 32.1. The molecule has 0 fully saturated rings. The Morgan fingerprint density at radius 2 is 0.708 bits per heavy atom. The van der Waals surface area contributed by atoms with Crippen molar-refractivity contribution in [1.82, 2.24) is 14.8 Å². The third-order valence-corrected chi connectivity index (χ3v) is 29.2. The van der Waals surface area contributed by atoms with Gasteiger partial charge in [0, 0.05) is 83.5 Å². The summed E-state index contributed by atoms with van der Waals surface area (Å²) in [6.07, 6.45) is 50.0. The summed E-state index contributed by atoms with van der Waals surface area (Å²) >= 11 is 13.5. The molecule has 2 aliphatic heterocycles. The van der Waals surface area contributed by atoms with E-state index >= 15 is 9.59 Å². The first-order valence-electron chi connectivity index (χ1n) is 38.8. The van der Waals surface area contributed by atoms with Crippen molar-refractivity contribution >= 4 is 96.9 Å². The third kappa shape index (κ3) is 21.4. The van der Waals surface area contributed by atoms with Crippen molar-refractivity contribution in [1.29, 1.82) is 0 Å². The number of thiophene rings is 6. The monoisotopic (exact) mass is 1430 g/mol. The van der Waals surface area contributed by atoms with Gasteiger partial charge in [-0.2, -0.15) is 0 Å². The lowest BCUT2D eigenvalue weighted by Gasteiger charge is -2.28. The van der Waals surface area contributed by atoms with Crippen LogP contribution < -0.4 is 0 Å². The van der Waals surface area contributed by atoms with Crippen molar-refractivity contribution < 1.29 is 9.59 Å². The number of hydrogen-bond acceptors (Lipinski definition) is 10. The van der Waals surface area contributed by atoms with Gasteiger partial charge >= 0.3 is 0 Å². The minimum atomic E-state index is 0.0233. The number of nitrogens with zero attached hydrogens (tertiary/aromatic N) is 3. The Labute approximate surface area is 610 Å². The van der Waals surface area contributed by atoms with Crippen LogP contribution in [0, 0.1) is 11.8 Å². The number of amides is 2. The van der Waals surface area contributed by atoms with Crippen LogP contribution >= 0.6 is 79.4 Å². The summed E-state index contributed by atoms with van der Waals surface area (Å²) in [6.45, 7) is 19.5. The number of carbonyl (C=O) groups is 2. The van der Waals surface area contributed by atoms with Gasteiger partial charge in [-0.1, -0.05) is 235 Å². The van der Waals surface area contributed by atoms with E-state index in [0.717, 1.165) is 59.8 Å². The number of aromatic nitrogens is 1. The highest BCUT2D eigenvalue weighted by molar-refractivity contribution is 7.31. The first-order valence-corrected chi connectivity index (χ1v) is 44.5. The minimum Gasteiger partial charge on any atom is -0.311 e. The Morgan fingerprint density at radius 1 is 0.344 bits per heavy atom. The number of thiazole rings is 1. The highest BCUT2D eigenvalue weighted by Gasteiger charge is 2.49. The molecule has 2 amide bonds. The van der Waals surface area contributed by atoms with Crippen LogP contribution in [-0.2, 0) is 28.9 Å². The zero-order valence-corrected chi connectivity index (χ0v) is 66.2. The lowest BCUT2D eigenvalue weighted by atomic mass is 9.93. The number of fused-ring (bicyclic) bond motifs is 1. The number of carbonyl (C=O) groups excluding carboxylic acids is 2. The second kappa shape index (κ2) is 41.2. The topological polar surface area (TPSA) is 53.5 Å². The van der Waals surface area contributed by atoms with Crippen LogP contribution in [0.5, 0.6) is 0 Å². The summed E-state index contributed by atoms with van der Waals surface area (Å²) in [5.74, 6) is 0.836. The second-order valence-electron chi connectivity index (χ2n) is 28.2. The maximum atomic E-state index is 15.6. The van der Waals surface area contributed by atoms with Crippen LogP contribution in [0.15, 0.2) is 83.7 Å². The summed E-state index contributed by atoms with van der Waals surface area (Å²) in [6, 6.07) is 23.9. The third-order valence-electron chi connectivity index (χ3n) is 20.3. The molecule has 5 nitrogen and oxygen atoms in total. The van der Waals surface area contributed by atoms with Crippen LogP contribution in [0.4, 0.5) is 0 Å². The van der Waals surface area contributed by atoms with Gasteiger partial charge in [0.1, 0.15) is 5.01 Å². The van der Waals surface area contributed by atoms with Crippen molar-refractivity contribution in [3.05, 3.63) is 105 Å². The van der Waals surface area contributed by atoms with E-state index in [4.69, 9.17) is 4.98 Å². The molecule has 0 saturated carbocycles. The molecular formula is C84H119N3O2S7. The van der Waals surface area contributed by atoms with Crippen molar-refractivity contribution in [2.75, 3.05) is 13.1 Å². The van der Waals surface area contributed by atoms with E-state index in [9.17, 15) is 0 Å². The van der Waals surface area contributed by atoms with E-state index in [1.807, 2.05) is 72.9 Å². The first-order chi connectivity index (χ1) is 47.1. The summed E-state index contributed by atoms with van der Waals surface area (Å²) < 4.78 is 0. The fraction of sp³-hybridized carbons (Fsp3) is 0.607. The van der Waals surface area contributed by atoms with Crippen molar-refractivity contribution in [3.8, 4) is 58.5 Å². The fourth-order valence-corrected chi connectivity index (χ4v) is 22.6. The Kier molecular flexibility index (Phi) is 32.8. The Hall–Kier alpha value is -3.75. The smallest absolute Gasteiger partial charge is 0.261 e. The molecular weight excluding hydrogens is 1310 g/mol. The number of aryl methyl sites for hydroxylation is 3. The molecule has 0 spiro atoms. The number of unbranched alkanes of at least 4 members (excludes halogenated alkanes) is 25. The van der Waals surface area contributed by atoms with Gasteiger partial charge in [-0.05, 0) is 155 Å².